The second-order valence-corrected chi connectivity index (χ2v) is 37.6. The Morgan fingerprint density at radius 1 is 0.456 bits per heavy atom. The minimum absolute atomic E-state index is 0.0723. The molecular weight excluding hydrogens is 1720 g/mol. The monoisotopic (exact) mass is 1850 g/mol. The van der Waals surface area contributed by atoms with Crippen molar-refractivity contribution >= 4 is 84.6 Å². The van der Waals surface area contributed by atoms with E-state index in [1.807, 2.05) is 0 Å². The van der Waals surface area contributed by atoms with E-state index in [1.54, 1.807) is 14.7 Å². The van der Waals surface area contributed by atoms with Crippen LogP contribution in [0.25, 0.3) is 46.9 Å². The van der Waals surface area contributed by atoms with Gasteiger partial charge in [-0.1, -0.05) is 91.0 Å². The Hall–Kier alpha value is -12.7. The first-order chi connectivity index (χ1) is 66.3. The molecule has 3 amide bonds. The second-order valence-electron chi connectivity index (χ2n) is 37.6. The number of morpholine rings is 1. The number of aromatic nitrogens is 6. The number of nitrogens with zero attached hydrogens (tertiary/aromatic N) is 21. The number of likely N-dealkylation sites (tertiary alicyclic amines) is 1. The van der Waals surface area contributed by atoms with E-state index in [0.29, 0.717) is 135 Å². The topological polar surface area (TPSA) is 217 Å². The molecule has 0 radical (unpaired) electrons. The van der Waals surface area contributed by atoms with Gasteiger partial charge in [-0.2, -0.15) is 29.9 Å². The number of carbonyl (C=O) groups is 3. The van der Waals surface area contributed by atoms with Gasteiger partial charge in [0, 0.05) is 178 Å². The molecule has 0 saturated carbocycles. The van der Waals surface area contributed by atoms with Gasteiger partial charge in [0.05, 0.1) is 48.9 Å². The van der Waals surface area contributed by atoms with E-state index >= 15 is 0 Å². The lowest BCUT2D eigenvalue weighted by atomic mass is 9.95. The number of piperazine rings is 3. The van der Waals surface area contributed by atoms with E-state index in [-0.39, 0.29) is 67.1 Å². The molecule has 2 unspecified atom stereocenters. The number of hydrogen-bond donors (Lipinski definition) is 0. The van der Waals surface area contributed by atoms with Crippen LogP contribution in [0.15, 0.2) is 146 Å². The number of hydrogen-bond acceptors (Lipinski definition) is 22. The normalized spacial score (nSPS) is 20.8. The molecule has 6 aromatic carbocycles. The van der Waals surface area contributed by atoms with E-state index in [0.717, 1.165) is 142 Å². The van der Waals surface area contributed by atoms with Crippen LogP contribution in [0, 0.1) is 40.5 Å². The fourth-order valence-corrected chi connectivity index (χ4v) is 21.9. The van der Waals surface area contributed by atoms with E-state index in [9.17, 15) is 27.6 Å². The summed E-state index contributed by atoms with van der Waals surface area (Å²) in [6.07, 6.45) is 15.5. The van der Waals surface area contributed by atoms with E-state index < -0.39 is 20.0 Å². The van der Waals surface area contributed by atoms with Crippen LogP contribution in [-0.2, 0) is 58.0 Å². The van der Waals surface area contributed by atoms with Crippen LogP contribution in [0.5, 0.6) is 18.0 Å². The predicted molar refractivity (Wildman–Crippen MR) is 526 cm³/mol. The summed E-state index contributed by atoms with van der Waals surface area (Å²) in [6, 6.07) is 39.6. The quantitative estimate of drug-likeness (QED) is 0.0384. The van der Waals surface area contributed by atoms with Crippen LogP contribution >= 0.6 is 0 Å². The molecule has 10 aliphatic heterocycles. The average molecular weight is 1850 g/mol. The molecule has 31 heteroatoms. The number of allylic oxidation sites excluding steroid dienone is 3. The summed E-state index contributed by atoms with van der Waals surface area (Å²) >= 11 is 0. The van der Waals surface area contributed by atoms with Gasteiger partial charge < -0.3 is 82.5 Å². The maximum atomic E-state index is 12.9. The van der Waals surface area contributed by atoms with Crippen molar-refractivity contribution in [2.24, 2.45) is 0 Å². The van der Waals surface area contributed by atoms with Crippen molar-refractivity contribution in [3.63, 3.8) is 0 Å². The first-order valence-electron chi connectivity index (χ1n) is 48.2. The first-order valence-corrected chi connectivity index (χ1v) is 48.2. The Morgan fingerprint density at radius 3 is 1.18 bits per heavy atom. The highest BCUT2D eigenvalue weighted by atomic mass is 19.1. The molecular formula is C105H124F3N21O7. The molecule has 0 spiro atoms. The van der Waals surface area contributed by atoms with Crippen LogP contribution in [-0.4, -0.2) is 303 Å². The number of fused-ring (bicyclic) bond motifs is 7. The Morgan fingerprint density at radius 2 is 0.831 bits per heavy atom. The van der Waals surface area contributed by atoms with Gasteiger partial charge in [-0.3, -0.25) is 24.2 Å². The van der Waals surface area contributed by atoms with Gasteiger partial charge >= 0.3 is 18.0 Å². The average Bonchev–Trinajstić information content (AvgIpc) is 1.01. The van der Waals surface area contributed by atoms with Crippen LogP contribution in [0.2, 0.25) is 0 Å². The standard InChI is InChI=1S/C36H42FN7O2.C35H42FN7O2.C34H40FN7O3/c1-26-8-3-9-27-10-4-11-31(33(26)27)41-19-13-29-30(24-41)39-35(46-25-36-14-6-17-43(36)18-7-15-36)40-34(29)42-20-21-44(28(23-42)22-38-2)32(45)12-5-16-37;1-24(2)42-17-13-27(42)23-45-35-38-30-22-40(31-11-6-10-26-9-5-8-25(3)33(26)31)16-14-29(30)34(39-35)41-18-19-43(28(21-41)20-37-4)32(44)12-7-15-36;1-24-7-4-8-25-9-5-10-30(32(24)25)40-14-12-28-29(22-40)37-34(45-23-27-21-39(3)17-18-44-27)38-33(28)41-15-16-42(26(20-41)19-36-2)31(43)11-6-13-35/h3-5,8-12,28H,6-7,13-25H2,1H3;5-12,24,27-28H,13-23H2,1-3H3;4-11,26-27H,12-23H2,1,3H3/b12-5+;12-7+;11-6+/t28-;27?,28-;26-,27?/m000/s1. The molecule has 0 N–H and O–H groups in total. The van der Waals surface area contributed by atoms with Gasteiger partial charge in [0.15, 0.2) is 0 Å². The van der Waals surface area contributed by atoms with E-state index in [1.165, 1.54) is 115 Å². The summed E-state index contributed by atoms with van der Waals surface area (Å²) in [6.45, 7) is 47.7. The summed E-state index contributed by atoms with van der Waals surface area (Å²) in [5, 5.41) is 7.44. The summed E-state index contributed by atoms with van der Waals surface area (Å²) in [4.78, 5) is 105. The summed E-state index contributed by atoms with van der Waals surface area (Å²) < 4.78 is 63.2. The third-order valence-electron chi connectivity index (χ3n) is 28.8. The van der Waals surface area contributed by atoms with E-state index in [4.69, 9.17) is 68.6 Å². The SMILES string of the molecule is [C-]#[N+]C[C@H]1CN(c2nc(OCC34CCCN3CCC4)nc3c2CCN(c2cccc4cccc(C)c24)C3)CCN1C(=O)/C=C/CF.[C-]#[N+]C[C@H]1CN(c2nc(OCC3CCN3C(C)C)nc3c2CCN(c2cccc4cccc(C)c24)C3)CCN1C(=O)/C=C/CF.[C-]#[N+]C[C@H]1CN(c2nc(OCC3CN(C)CCO3)nc3c2CCN(c2cccc4cccc(C)c24)C3)CCN1C(=O)/C=C/CF. The van der Waals surface area contributed by atoms with Crippen molar-refractivity contribution in [3.8, 4) is 18.0 Å². The Balaban J connectivity index is 0.000000142. The van der Waals surface area contributed by atoms with Gasteiger partial charge in [-0.05, 0) is 175 Å². The van der Waals surface area contributed by atoms with Gasteiger partial charge in [-0.15, -0.1) is 0 Å². The molecule has 136 heavy (non-hydrogen) atoms. The summed E-state index contributed by atoms with van der Waals surface area (Å²) in [5.74, 6) is 1.70. The zero-order chi connectivity index (χ0) is 94.5. The van der Waals surface area contributed by atoms with E-state index in [2.05, 4.69) is 209 Å². The first kappa shape index (κ1) is 95.0. The van der Waals surface area contributed by atoms with Crippen molar-refractivity contribution in [1.82, 2.24) is 59.3 Å². The molecule has 19 rings (SSSR count). The predicted octanol–water partition coefficient (Wildman–Crippen LogP) is 13.5. The van der Waals surface area contributed by atoms with Gasteiger partial charge in [0.2, 0.25) is 37.4 Å². The van der Waals surface area contributed by atoms with Crippen LogP contribution in [0.4, 0.5) is 47.7 Å². The fraction of sp³-hybridized carbons (Fsp3) is 0.486. The third-order valence-corrected chi connectivity index (χ3v) is 28.8. The number of halogens is 3. The minimum atomic E-state index is -0.702. The molecule has 3 aromatic heterocycles. The Kier molecular flexibility index (Phi) is 30.4. The highest BCUT2D eigenvalue weighted by Crippen LogP contribution is 2.44. The highest BCUT2D eigenvalue weighted by Gasteiger charge is 2.46. The van der Waals surface area contributed by atoms with Crippen molar-refractivity contribution in [2.75, 3.05) is 214 Å². The molecule has 28 nitrogen and oxygen atoms in total. The number of carbonyl (C=O) groups excluding carboxylic acids is 3. The van der Waals surface area contributed by atoms with Crippen molar-refractivity contribution in [2.45, 2.75) is 147 Å². The lowest BCUT2D eigenvalue weighted by Gasteiger charge is -2.43. The number of rotatable bonds is 25. The third kappa shape index (κ3) is 21.0. The number of amides is 3. The number of likely N-dealkylation sites (N-methyl/N-ethyl adjacent to an activating group) is 1. The van der Waals surface area contributed by atoms with Crippen molar-refractivity contribution in [1.29, 1.82) is 0 Å². The summed E-state index contributed by atoms with van der Waals surface area (Å²) in [5.41, 5.74) is 13.5. The maximum Gasteiger partial charge on any atom is 0.318 e. The molecule has 712 valence electrons. The largest absolute Gasteiger partial charge is 0.462 e. The molecule has 10 aliphatic rings. The van der Waals surface area contributed by atoms with Crippen LogP contribution in [0.1, 0.15) is 96.4 Å². The Labute approximate surface area is 795 Å². The van der Waals surface area contributed by atoms with Crippen LogP contribution < -0.4 is 43.6 Å². The number of aryl methyl sites for hydroxylation is 3. The summed E-state index contributed by atoms with van der Waals surface area (Å²) in [7, 11) is 2.07. The maximum absolute atomic E-state index is 12.9. The number of ether oxygens (including phenoxy) is 4. The smallest absolute Gasteiger partial charge is 0.318 e. The van der Waals surface area contributed by atoms with Gasteiger partial charge in [-0.25, -0.2) is 32.9 Å². The lowest BCUT2D eigenvalue weighted by Crippen LogP contribution is -2.56. The zero-order valence-corrected chi connectivity index (χ0v) is 79.1. The molecule has 5 atom stereocenters. The number of benzene rings is 6. The molecule has 0 bridgehead atoms. The molecule has 0 aliphatic carbocycles. The number of anilines is 6. The molecule has 13 heterocycles. The van der Waals surface area contributed by atoms with Crippen molar-refractivity contribution < 1.29 is 46.5 Å². The minimum Gasteiger partial charge on any atom is -0.462 e. The van der Waals surface area contributed by atoms with Gasteiger partial charge in [0.25, 0.3) is 0 Å². The highest BCUT2D eigenvalue weighted by molar-refractivity contribution is 5.99. The second kappa shape index (κ2) is 43.5. The van der Waals surface area contributed by atoms with Crippen LogP contribution in [0.3, 0.4) is 0 Å². The fourth-order valence-electron chi connectivity index (χ4n) is 21.9. The molecule has 7 fully saturated rings. The van der Waals surface area contributed by atoms with Crippen molar-refractivity contribution in [3.05, 3.63) is 230 Å². The van der Waals surface area contributed by atoms with Gasteiger partial charge in [0.1, 0.15) is 81.5 Å². The number of alkyl halides is 3. The Bertz CT molecular complexity index is 5820. The molecule has 7 saturated heterocycles. The lowest BCUT2D eigenvalue weighted by molar-refractivity contribution is -0.129. The molecule has 9 aromatic rings. The zero-order valence-electron chi connectivity index (χ0n) is 79.1.